The summed E-state index contributed by atoms with van der Waals surface area (Å²) in [4.78, 5) is 18.2. The van der Waals surface area contributed by atoms with Crippen LogP contribution in [0.15, 0.2) is 36.7 Å². The predicted molar refractivity (Wildman–Crippen MR) is 106 cm³/mol. The highest BCUT2D eigenvalue weighted by atomic mass is 16.5. The van der Waals surface area contributed by atoms with E-state index < -0.39 is 0 Å². The van der Waals surface area contributed by atoms with Crippen LogP contribution in [0.4, 0.5) is 0 Å². The second kappa shape index (κ2) is 6.62. The third-order valence-corrected chi connectivity index (χ3v) is 7.04. The molecule has 4 heterocycles. The van der Waals surface area contributed by atoms with E-state index in [1.807, 2.05) is 29.1 Å². The van der Waals surface area contributed by atoms with E-state index in [4.69, 9.17) is 4.74 Å². The molecule has 3 aliphatic heterocycles. The highest BCUT2D eigenvalue weighted by Gasteiger charge is 2.65. The summed E-state index contributed by atoms with van der Waals surface area (Å²) >= 11 is 0. The van der Waals surface area contributed by atoms with Crippen molar-refractivity contribution in [3.63, 3.8) is 0 Å². The molecule has 5 rings (SSSR count). The molecule has 0 saturated carbocycles. The predicted octanol–water partition coefficient (Wildman–Crippen LogP) is 2.85. The summed E-state index contributed by atoms with van der Waals surface area (Å²) < 4.78 is 7.49. The zero-order chi connectivity index (χ0) is 19.3. The van der Waals surface area contributed by atoms with Crippen LogP contribution in [-0.4, -0.2) is 51.2 Å². The molecule has 148 valence electrons. The van der Waals surface area contributed by atoms with Crippen LogP contribution >= 0.6 is 0 Å². The number of nitrogens with zero attached hydrogens (tertiary/aromatic N) is 4. The van der Waals surface area contributed by atoms with Crippen molar-refractivity contribution >= 4 is 5.91 Å². The van der Waals surface area contributed by atoms with Gasteiger partial charge in [-0.15, -0.1) is 0 Å². The summed E-state index contributed by atoms with van der Waals surface area (Å²) in [6.45, 7) is 5.47. The lowest BCUT2D eigenvalue weighted by molar-refractivity contribution is -0.137. The molecule has 1 amide bonds. The van der Waals surface area contributed by atoms with Crippen molar-refractivity contribution in [1.29, 1.82) is 0 Å². The van der Waals surface area contributed by atoms with Crippen molar-refractivity contribution in [2.75, 3.05) is 20.2 Å². The molecular weight excluding hydrogens is 352 g/mol. The summed E-state index contributed by atoms with van der Waals surface area (Å²) in [5.41, 5.74) is 2.04. The first kappa shape index (κ1) is 17.7. The van der Waals surface area contributed by atoms with Crippen LogP contribution in [0, 0.1) is 5.92 Å². The van der Waals surface area contributed by atoms with E-state index in [-0.39, 0.29) is 5.54 Å². The number of aryl methyl sites for hydroxylation is 1. The lowest BCUT2D eigenvalue weighted by Gasteiger charge is -2.33. The Kier molecular flexibility index (Phi) is 4.19. The molecule has 28 heavy (non-hydrogen) atoms. The number of amides is 1. The standard InChI is InChI=1S/C22H28N4O2/c1-3-25-14-17(12-23-25)19-11-18-15-24(13-16-7-4-5-8-20(16)28-2)21(27)22(18)9-6-10-26(19)22/h4-5,7-8,12,14,18-19H,3,6,9-11,13,15H2,1-2H3/t18-,19-,22-/m0/s1. The van der Waals surface area contributed by atoms with Crippen molar-refractivity contribution in [1.82, 2.24) is 19.6 Å². The number of carbonyl (C=O) groups is 1. The maximum atomic E-state index is 13.7. The van der Waals surface area contributed by atoms with Gasteiger partial charge in [0, 0.05) is 48.9 Å². The van der Waals surface area contributed by atoms with Crippen LogP contribution in [0.3, 0.4) is 0 Å². The summed E-state index contributed by atoms with van der Waals surface area (Å²) in [6.07, 6.45) is 7.29. The van der Waals surface area contributed by atoms with Crippen LogP contribution < -0.4 is 4.74 Å². The van der Waals surface area contributed by atoms with Gasteiger partial charge in [-0.3, -0.25) is 14.4 Å². The van der Waals surface area contributed by atoms with Crippen molar-refractivity contribution in [3.8, 4) is 5.75 Å². The number of methoxy groups -OCH3 is 1. The zero-order valence-electron chi connectivity index (χ0n) is 16.7. The molecular formula is C22H28N4O2. The number of hydrogen-bond donors (Lipinski definition) is 0. The molecule has 3 fully saturated rings. The fraction of sp³-hybridized carbons (Fsp3) is 0.545. The molecule has 3 atom stereocenters. The van der Waals surface area contributed by atoms with Gasteiger partial charge in [-0.2, -0.15) is 5.10 Å². The molecule has 2 aromatic rings. The summed E-state index contributed by atoms with van der Waals surface area (Å²) in [5, 5.41) is 4.47. The maximum Gasteiger partial charge on any atom is 0.243 e. The second-order valence-corrected chi connectivity index (χ2v) is 8.30. The van der Waals surface area contributed by atoms with E-state index in [9.17, 15) is 4.79 Å². The smallest absolute Gasteiger partial charge is 0.243 e. The molecule has 3 saturated heterocycles. The molecule has 1 spiro atoms. The van der Waals surface area contributed by atoms with Crippen LogP contribution in [0.2, 0.25) is 0 Å². The monoisotopic (exact) mass is 380 g/mol. The van der Waals surface area contributed by atoms with Gasteiger partial charge in [0.15, 0.2) is 0 Å². The Morgan fingerprint density at radius 2 is 2.18 bits per heavy atom. The van der Waals surface area contributed by atoms with Gasteiger partial charge in [-0.1, -0.05) is 18.2 Å². The average Bonchev–Trinajstić information content (AvgIpc) is 3.46. The Bertz CT molecular complexity index is 894. The number of carbonyl (C=O) groups excluding carboxylic acids is 1. The summed E-state index contributed by atoms with van der Waals surface area (Å²) in [7, 11) is 1.69. The molecule has 0 N–H and O–H groups in total. The first-order chi connectivity index (χ1) is 13.7. The zero-order valence-corrected chi connectivity index (χ0v) is 16.7. The van der Waals surface area contributed by atoms with Gasteiger partial charge in [-0.05, 0) is 38.8 Å². The largest absolute Gasteiger partial charge is 0.496 e. The molecule has 0 unspecified atom stereocenters. The maximum absolute atomic E-state index is 13.7. The third kappa shape index (κ3) is 2.43. The topological polar surface area (TPSA) is 50.6 Å². The van der Waals surface area contributed by atoms with Gasteiger partial charge in [0.25, 0.3) is 0 Å². The number of benzene rings is 1. The van der Waals surface area contributed by atoms with E-state index in [2.05, 4.69) is 34.1 Å². The molecule has 0 aliphatic carbocycles. The Balaban J connectivity index is 1.41. The van der Waals surface area contributed by atoms with Crippen LogP contribution in [0.1, 0.15) is 43.4 Å². The van der Waals surface area contributed by atoms with Crippen molar-refractivity contribution in [2.45, 2.75) is 50.9 Å². The van der Waals surface area contributed by atoms with Crippen molar-refractivity contribution in [2.24, 2.45) is 5.92 Å². The molecule has 1 aromatic carbocycles. The minimum absolute atomic E-state index is 0.305. The molecule has 6 heteroatoms. The fourth-order valence-electron chi connectivity index (χ4n) is 5.80. The van der Waals surface area contributed by atoms with Gasteiger partial charge in [0.05, 0.1) is 13.3 Å². The van der Waals surface area contributed by atoms with E-state index in [1.165, 1.54) is 5.56 Å². The van der Waals surface area contributed by atoms with Crippen LogP contribution in [0.5, 0.6) is 5.75 Å². The molecule has 3 aliphatic rings. The first-order valence-corrected chi connectivity index (χ1v) is 10.4. The van der Waals surface area contributed by atoms with Gasteiger partial charge in [0.2, 0.25) is 5.91 Å². The molecule has 0 radical (unpaired) electrons. The number of hydrogen-bond acceptors (Lipinski definition) is 4. The van der Waals surface area contributed by atoms with Crippen molar-refractivity contribution in [3.05, 3.63) is 47.8 Å². The number of ether oxygens (including phenoxy) is 1. The fourth-order valence-corrected chi connectivity index (χ4v) is 5.80. The van der Waals surface area contributed by atoms with E-state index in [0.717, 1.165) is 50.2 Å². The van der Waals surface area contributed by atoms with Gasteiger partial charge in [0.1, 0.15) is 11.3 Å². The van der Waals surface area contributed by atoms with Crippen LogP contribution in [-0.2, 0) is 17.9 Å². The Labute approximate surface area is 166 Å². The van der Waals surface area contributed by atoms with E-state index in [1.54, 1.807) is 7.11 Å². The molecule has 6 nitrogen and oxygen atoms in total. The summed E-state index contributed by atoms with van der Waals surface area (Å²) in [5.74, 6) is 1.57. The number of rotatable bonds is 5. The second-order valence-electron chi connectivity index (χ2n) is 8.30. The summed E-state index contributed by atoms with van der Waals surface area (Å²) in [6, 6.07) is 8.34. The van der Waals surface area contributed by atoms with E-state index >= 15 is 0 Å². The average molecular weight is 380 g/mol. The van der Waals surface area contributed by atoms with Crippen molar-refractivity contribution < 1.29 is 9.53 Å². The van der Waals surface area contributed by atoms with Gasteiger partial charge < -0.3 is 9.64 Å². The highest BCUT2D eigenvalue weighted by Crippen LogP contribution is 2.56. The SMILES string of the molecule is CCn1cc([C@@H]2C[C@H]3CN(Cc4ccccc4OC)C(=O)[C@]34CCCN24)cn1. The first-order valence-electron chi connectivity index (χ1n) is 10.4. The van der Waals surface area contributed by atoms with Gasteiger partial charge in [-0.25, -0.2) is 0 Å². The minimum Gasteiger partial charge on any atom is -0.496 e. The molecule has 0 bridgehead atoms. The van der Waals surface area contributed by atoms with Gasteiger partial charge >= 0.3 is 0 Å². The molecule has 1 aromatic heterocycles. The Hall–Kier alpha value is -2.34. The van der Waals surface area contributed by atoms with E-state index in [0.29, 0.717) is 24.4 Å². The Morgan fingerprint density at radius 1 is 1.32 bits per heavy atom. The normalized spacial score (nSPS) is 29.4. The lowest BCUT2D eigenvalue weighted by atomic mass is 9.85. The highest BCUT2D eigenvalue weighted by molar-refractivity contribution is 5.90. The minimum atomic E-state index is -0.305. The number of likely N-dealkylation sites (tertiary alicyclic amines) is 1. The quantitative estimate of drug-likeness (QED) is 0.800. The number of para-hydroxylation sites is 1. The Morgan fingerprint density at radius 3 is 2.96 bits per heavy atom. The van der Waals surface area contributed by atoms with Crippen LogP contribution in [0.25, 0.3) is 0 Å². The number of aromatic nitrogens is 2. The third-order valence-electron chi connectivity index (χ3n) is 7.04. The lowest BCUT2D eigenvalue weighted by Crippen LogP contribution is -2.49.